The molecule has 0 spiro atoms. The molecular weight excluding hydrogens is 236 g/mol. The minimum Gasteiger partial charge on any atom is -0.126 e. The zero-order valence-electron chi connectivity index (χ0n) is 11.8. The molecule has 2 aliphatic rings. The number of thioether (sulfide) groups is 1. The van der Waals surface area contributed by atoms with E-state index < -0.39 is 0 Å². The van der Waals surface area contributed by atoms with Crippen molar-refractivity contribution in [1.82, 2.24) is 0 Å². The van der Waals surface area contributed by atoms with Gasteiger partial charge in [-0.15, -0.1) is 11.8 Å². The van der Waals surface area contributed by atoms with Crippen LogP contribution in [0, 0.1) is 11.8 Å². The van der Waals surface area contributed by atoms with Gasteiger partial charge in [0, 0.05) is 10.7 Å². The van der Waals surface area contributed by atoms with E-state index in [0.29, 0.717) is 5.92 Å². The maximum atomic E-state index is 2.44. The molecule has 0 nitrogen and oxygen atoms in total. The van der Waals surface area contributed by atoms with E-state index >= 15 is 0 Å². The van der Waals surface area contributed by atoms with Gasteiger partial charge in [-0.05, 0) is 49.2 Å². The van der Waals surface area contributed by atoms with Crippen molar-refractivity contribution >= 4 is 11.8 Å². The van der Waals surface area contributed by atoms with Gasteiger partial charge in [-0.2, -0.15) is 0 Å². The summed E-state index contributed by atoms with van der Waals surface area (Å²) in [5.74, 6) is 3.02. The minimum atomic E-state index is 0.698. The molecule has 2 rings (SSSR count). The van der Waals surface area contributed by atoms with E-state index in [1.165, 1.54) is 48.3 Å². The molecule has 2 aliphatic carbocycles. The van der Waals surface area contributed by atoms with Crippen LogP contribution in [0.1, 0.15) is 52.4 Å². The van der Waals surface area contributed by atoms with Crippen molar-refractivity contribution in [3.63, 3.8) is 0 Å². The van der Waals surface area contributed by atoms with Gasteiger partial charge in [-0.3, -0.25) is 0 Å². The van der Waals surface area contributed by atoms with E-state index in [9.17, 15) is 0 Å². The first-order chi connectivity index (χ1) is 8.79. The summed E-state index contributed by atoms with van der Waals surface area (Å²) in [5, 5.41) is 0. The standard InChI is InChI=1S/C17H26S/c1-3-4-9-16-12-17(11-10-14(16)2)18-13-15-7-5-6-8-15/h4,9,11-12,14-15H,3,5-8,10,13H2,1-2H3. The van der Waals surface area contributed by atoms with E-state index in [4.69, 9.17) is 0 Å². The zero-order chi connectivity index (χ0) is 12.8. The molecule has 0 heterocycles. The number of rotatable bonds is 5. The SMILES string of the molecule is CCC=CC1=CC(SCC2CCCC2)=CCC1C. The Hall–Kier alpha value is -0.430. The Morgan fingerprint density at radius 2 is 2.11 bits per heavy atom. The van der Waals surface area contributed by atoms with Crippen LogP contribution in [-0.2, 0) is 0 Å². The molecule has 1 heteroatoms. The largest absolute Gasteiger partial charge is 0.126 e. The average molecular weight is 262 g/mol. The maximum Gasteiger partial charge on any atom is 0.00351 e. The van der Waals surface area contributed by atoms with Crippen LogP contribution in [0.25, 0.3) is 0 Å². The van der Waals surface area contributed by atoms with Gasteiger partial charge in [0.25, 0.3) is 0 Å². The Labute approximate surface area is 117 Å². The van der Waals surface area contributed by atoms with Gasteiger partial charge >= 0.3 is 0 Å². The molecule has 0 N–H and O–H groups in total. The molecule has 0 radical (unpaired) electrons. The van der Waals surface area contributed by atoms with Crippen molar-refractivity contribution in [3.05, 3.63) is 34.8 Å². The molecule has 0 bridgehead atoms. The lowest BCUT2D eigenvalue weighted by atomic mass is 9.93. The molecule has 1 atom stereocenters. The van der Waals surface area contributed by atoms with Crippen LogP contribution in [0.3, 0.4) is 0 Å². The molecule has 1 unspecified atom stereocenters. The summed E-state index contributed by atoms with van der Waals surface area (Å²) in [7, 11) is 0. The molecule has 0 saturated heterocycles. The van der Waals surface area contributed by atoms with Crippen molar-refractivity contribution in [2.75, 3.05) is 5.75 Å². The van der Waals surface area contributed by atoms with Crippen molar-refractivity contribution in [1.29, 1.82) is 0 Å². The first-order valence-corrected chi connectivity index (χ1v) is 8.49. The molecule has 1 saturated carbocycles. The molecule has 18 heavy (non-hydrogen) atoms. The van der Waals surface area contributed by atoms with E-state index in [2.05, 4.69) is 49.9 Å². The van der Waals surface area contributed by atoms with Crippen molar-refractivity contribution in [3.8, 4) is 0 Å². The van der Waals surface area contributed by atoms with Crippen LogP contribution < -0.4 is 0 Å². The summed E-state index contributed by atoms with van der Waals surface area (Å²) < 4.78 is 0. The Morgan fingerprint density at radius 3 is 2.83 bits per heavy atom. The van der Waals surface area contributed by atoms with Gasteiger partial charge in [-0.1, -0.05) is 44.9 Å². The minimum absolute atomic E-state index is 0.698. The molecule has 0 aromatic rings. The van der Waals surface area contributed by atoms with Gasteiger partial charge in [0.2, 0.25) is 0 Å². The van der Waals surface area contributed by atoms with Crippen LogP contribution in [0.5, 0.6) is 0 Å². The van der Waals surface area contributed by atoms with E-state index in [0.717, 1.165) is 12.3 Å². The smallest absolute Gasteiger partial charge is 0.00351 e. The quantitative estimate of drug-likeness (QED) is 0.610. The van der Waals surface area contributed by atoms with Crippen molar-refractivity contribution < 1.29 is 0 Å². The predicted octanol–water partition coefficient (Wildman–Crippen LogP) is 5.73. The highest BCUT2D eigenvalue weighted by Crippen LogP contribution is 2.34. The normalized spacial score (nSPS) is 25.6. The summed E-state index contributed by atoms with van der Waals surface area (Å²) in [6.45, 7) is 4.54. The maximum absolute atomic E-state index is 2.44. The third-order valence-electron chi connectivity index (χ3n) is 4.06. The summed E-state index contributed by atoms with van der Waals surface area (Å²) in [4.78, 5) is 1.51. The molecule has 1 fully saturated rings. The average Bonchev–Trinajstić information content (AvgIpc) is 2.89. The van der Waals surface area contributed by atoms with E-state index in [1.807, 2.05) is 0 Å². The highest BCUT2D eigenvalue weighted by molar-refractivity contribution is 8.03. The van der Waals surface area contributed by atoms with Crippen LogP contribution >= 0.6 is 11.8 Å². The summed E-state index contributed by atoms with van der Waals surface area (Å²) in [6.07, 6.45) is 17.7. The third kappa shape index (κ3) is 4.05. The van der Waals surface area contributed by atoms with Gasteiger partial charge in [0.15, 0.2) is 0 Å². The molecule has 0 amide bonds. The molecule has 0 aromatic heterocycles. The van der Waals surface area contributed by atoms with Gasteiger partial charge in [0.1, 0.15) is 0 Å². The fourth-order valence-corrected chi connectivity index (χ4v) is 3.95. The monoisotopic (exact) mass is 262 g/mol. The second-order valence-electron chi connectivity index (χ2n) is 5.66. The Balaban J connectivity index is 1.88. The van der Waals surface area contributed by atoms with Crippen molar-refractivity contribution in [2.24, 2.45) is 11.8 Å². The van der Waals surface area contributed by atoms with Crippen LogP contribution in [-0.4, -0.2) is 5.75 Å². The van der Waals surface area contributed by atoms with Gasteiger partial charge < -0.3 is 0 Å². The fraction of sp³-hybridized carbons (Fsp3) is 0.647. The Bertz CT molecular complexity index is 343. The lowest BCUT2D eigenvalue weighted by Crippen LogP contribution is -2.03. The summed E-state index contributed by atoms with van der Waals surface area (Å²) in [6, 6.07) is 0. The predicted molar refractivity (Wildman–Crippen MR) is 83.8 cm³/mol. The molecule has 0 aliphatic heterocycles. The Kier molecular flexibility index (Phi) is 5.62. The van der Waals surface area contributed by atoms with Crippen molar-refractivity contribution in [2.45, 2.75) is 52.4 Å². The second kappa shape index (κ2) is 7.23. The van der Waals surface area contributed by atoms with Gasteiger partial charge in [0.05, 0.1) is 0 Å². The van der Waals surface area contributed by atoms with Crippen LogP contribution in [0.15, 0.2) is 34.8 Å². The second-order valence-corrected chi connectivity index (χ2v) is 6.75. The van der Waals surface area contributed by atoms with E-state index in [1.54, 1.807) is 0 Å². The topological polar surface area (TPSA) is 0 Å². The molecular formula is C17H26S. The van der Waals surface area contributed by atoms with Gasteiger partial charge in [-0.25, -0.2) is 0 Å². The number of hydrogen-bond acceptors (Lipinski definition) is 1. The first-order valence-electron chi connectivity index (χ1n) is 7.50. The lowest BCUT2D eigenvalue weighted by Gasteiger charge is -2.18. The highest BCUT2D eigenvalue weighted by atomic mass is 32.2. The Morgan fingerprint density at radius 1 is 1.33 bits per heavy atom. The first kappa shape index (κ1) is 14.0. The third-order valence-corrected chi connectivity index (χ3v) is 5.31. The number of hydrogen-bond donors (Lipinski definition) is 0. The molecule has 0 aromatic carbocycles. The highest BCUT2D eigenvalue weighted by Gasteiger charge is 2.17. The molecule has 100 valence electrons. The lowest BCUT2D eigenvalue weighted by molar-refractivity contribution is 0.623. The van der Waals surface area contributed by atoms with E-state index in [-0.39, 0.29) is 0 Å². The summed E-state index contributed by atoms with van der Waals surface area (Å²) >= 11 is 2.08. The zero-order valence-corrected chi connectivity index (χ0v) is 12.6. The van der Waals surface area contributed by atoms with Crippen LogP contribution in [0.2, 0.25) is 0 Å². The summed E-state index contributed by atoms with van der Waals surface area (Å²) in [5.41, 5.74) is 1.52. The number of allylic oxidation sites excluding steroid dienone is 5. The fourth-order valence-electron chi connectivity index (χ4n) is 2.75. The van der Waals surface area contributed by atoms with Crippen LogP contribution in [0.4, 0.5) is 0 Å².